The van der Waals surface area contributed by atoms with Gasteiger partial charge in [0.2, 0.25) is 17.0 Å². The van der Waals surface area contributed by atoms with Crippen molar-refractivity contribution in [1.29, 1.82) is 0 Å². The molecule has 0 radical (unpaired) electrons. The van der Waals surface area contributed by atoms with Crippen molar-refractivity contribution < 1.29 is 28.5 Å². The van der Waals surface area contributed by atoms with E-state index < -0.39 is 11.2 Å². The van der Waals surface area contributed by atoms with Crippen molar-refractivity contribution in [3.05, 3.63) is 34.0 Å². The molecule has 3 heterocycles. The number of aromatic hydroxyl groups is 1. The fourth-order valence-corrected chi connectivity index (χ4v) is 4.33. The molecule has 7 heteroatoms. The molecule has 1 aromatic heterocycles. The Labute approximate surface area is 160 Å². The maximum atomic E-state index is 13.3. The fourth-order valence-electron chi connectivity index (χ4n) is 4.33. The number of rotatable bonds is 2. The summed E-state index contributed by atoms with van der Waals surface area (Å²) in [6.07, 6.45) is 1.95. The normalized spacial score (nSPS) is 23.3. The molecule has 2 atom stereocenters. The van der Waals surface area contributed by atoms with Crippen LogP contribution in [0.25, 0.3) is 21.9 Å². The largest absolute Gasteiger partial charge is 0.506 e. The van der Waals surface area contributed by atoms with E-state index in [1.807, 2.05) is 6.92 Å². The highest BCUT2D eigenvalue weighted by Crippen LogP contribution is 2.56. The minimum absolute atomic E-state index is 0.0361. The van der Waals surface area contributed by atoms with E-state index in [-0.39, 0.29) is 34.0 Å². The Bertz CT molecular complexity index is 1180. The fraction of sp³-hybridized carbons (Fsp3) is 0.381. The van der Waals surface area contributed by atoms with Crippen LogP contribution in [0, 0.1) is 0 Å². The Morgan fingerprint density at radius 3 is 2.79 bits per heavy atom. The van der Waals surface area contributed by atoms with Crippen LogP contribution in [0.3, 0.4) is 0 Å². The molecule has 1 N–H and O–H groups in total. The van der Waals surface area contributed by atoms with E-state index in [2.05, 4.69) is 0 Å². The summed E-state index contributed by atoms with van der Waals surface area (Å²) in [7, 11) is 2.97. The summed E-state index contributed by atoms with van der Waals surface area (Å²) >= 11 is 0. The molecular weight excluding hydrogens is 364 g/mol. The highest BCUT2D eigenvalue weighted by atomic mass is 16.7. The molecule has 1 fully saturated rings. The van der Waals surface area contributed by atoms with Crippen LogP contribution >= 0.6 is 0 Å². The monoisotopic (exact) mass is 384 g/mol. The van der Waals surface area contributed by atoms with Gasteiger partial charge in [0.25, 0.3) is 0 Å². The van der Waals surface area contributed by atoms with E-state index in [0.717, 1.165) is 19.3 Å². The summed E-state index contributed by atoms with van der Waals surface area (Å²) in [5, 5.41) is 11.4. The summed E-state index contributed by atoms with van der Waals surface area (Å²) < 4.78 is 29.1. The Balaban J connectivity index is 1.96. The van der Waals surface area contributed by atoms with Gasteiger partial charge in [-0.15, -0.1) is 0 Å². The third-order valence-corrected chi connectivity index (χ3v) is 5.58. The summed E-state index contributed by atoms with van der Waals surface area (Å²) in [5.74, 6) is 0.0367. The van der Waals surface area contributed by atoms with Gasteiger partial charge in [0, 0.05) is 13.3 Å². The van der Waals surface area contributed by atoms with Gasteiger partial charge < -0.3 is 28.5 Å². The van der Waals surface area contributed by atoms with Gasteiger partial charge in [-0.1, -0.05) is 6.07 Å². The Kier molecular flexibility index (Phi) is 3.55. The summed E-state index contributed by atoms with van der Waals surface area (Å²) in [6, 6.07) is 5.08. The first-order valence-electron chi connectivity index (χ1n) is 9.20. The zero-order chi connectivity index (χ0) is 19.6. The van der Waals surface area contributed by atoms with Crippen LogP contribution < -0.4 is 19.6 Å². The molecule has 28 heavy (non-hydrogen) atoms. The van der Waals surface area contributed by atoms with E-state index in [1.165, 1.54) is 14.2 Å². The quantitative estimate of drug-likeness (QED) is 0.668. The van der Waals surface area contributed by atoms with Crippen LogP contribution in [-0.4, -0.2) is 25.1 Å². The SMILES string of the molecule is COc1c2c(c(O)c3c(=O)c4c(OC)cccc4oc13)[C@@H]1CCC[C@](C)(O2)O1. The topological polar surface area (TPSA) is 87.4 Å². The molecule has 0 unspecified atom stereocenters. The van der Waals surface area contributed by atoms with E-state index in [1.54, 1.807) is 18.2 Å². The van der Waals surface area contributed by atoms with Gasteiger partial charge in [0.15, 0.2) is 11.3 Å². The van der Waals surface area contributed by atoms with Crippen LogP contribution in [-0.2, 0) is 4.74 Å². The van der Waals surface area contributed by atoms with Gasteiger partial charge in [0.05, 0.1) is 25.9 Å². The van der Waals surface area contributed by atoms with Crippen LogP contribution in [0.2, 0.25) is 0 Å². The number of benzene rings is 2. The van der Waals surface area contributed by atoms with Gasteiger partial charge in [0.1, 0.15) is 27.9 Å². The second-order valence-electron chi connectivity index (χ2n) is 7.33. The Morgan fingerprint density at radius 2 is 2.04 bits per heavy atom. The number of phenols is 1. The lowest BCUT2D eigenvalue weighted by molar-refractivity contribution is -0.243. The minimum Gasteiger partial charge on any atom is -0.506 e. The van der Waals surface area contributed by atoms with Crippen LogP contribution in [0.1, 0.15) is 37.9 Å². The summed E-state index contributed by atoms with van der Waals surface area (Å²) in [5.41, 5.74) is 0.528. The molecule has 0 spiro atoms. The first-order valence-corrected chi connectivity index (χ1v) is 9.20. The Hall–Kier alpha value is -2.93. The molecule has 5 rings (SSSR count). The summed E-state index contributed by atoms with van der Waals surface area (Å²) in [4.78, 5) is 13.3. The van der Waals surface area contributed by atoms with E-state index in [4.69, 9.17) is 23.4 Å². The number of fused-ring (bicyclic) bond motifs is 6. The highest BCUT2D eigenvalue weighted by molar-refractivity contribution is 6.00. The molecule has 7 nitrogen and oxygen atoms in total. The molecule has 0 saturated carbocycles. The van der Waals surface area contributed by atoms with Crippen molar-refractivity contribution >= 4 is 21.9 Å². The molecule has 146 valence electrons. The third-order valence-electron chi connectivity index (χ3n) is 5.58. The maximum absolute atomic E-state index is 13.3. The van der Waals surface area contributed by atoms with E-state index >= 15 is 0 Å². The van der Waals surface area contributed by atoms with E-state index in [0.29, 0.717) is 22.6 Å². The second-order valence-corrected chi connectivity index (χ2v) is 7.33. The molecule has 2 aliphatic heterocycles. The molecule has 3 aromatic rings. The van der Waals surface area contributed by atoms with Crippen LogP contribution in [0.15, 0.2) is 27.4 Å². The summed E-state index contributed by atoms with van der Waals surface area (Å²) in [6.45, 7) is 1.87. The molecule has 0 aliphatic carbocycles. The zero-order valence-corrected chi connectivity index (χ0v) is 15.8. The average molecular weight is 384 g/mol. The maximum Gasteiger partial charge on any atom is 0.208 e. The van der Waals surface area contributed by atoms with E-state index in [9.17, 15) is 9.90 Å². The number of hydrogen-bond acceptors (Lipinski definition) is 7. The lowest BCUT2D eigenvalue weighted by atomic mass is 9.91. The first kappa shape index (κ1) is 17.2. The van der Waals surface area contributed by atoms with Crippen LogP contribution in [0.4, 0.5) is 0 Å². The molecular formula is C21H20O7. The first-order chi connectivity index (χ1) is 13.5. The lowest BCUT2D eigenvalue weighted by Gasteiger charge is -2.44. The molecule has 2 aromatic carbocycles. The number of phenolic OH excluding ortho intramolecular Hbond substituents is 1. The second kappa shape index (κ2) is 5.78. The molecule has 2 aliphatic rings. The number of methoxy groups -OCH3 is 2. The smallest absolute Gasteiger partial charge is 0.208 e. The van der Waals surface area contributed by atoms with Gasteiger partial charge in [-0.2, -0.15) is 0 Å². The van der Waals surface area contributed by atoms with Crippen molar-refractivity contribution in [2.75, 3.05) is 14.2 Å². The average Bonchev–Trinajstić information content (AvgIpc) is 2.67. The van der Waals surface area contributed by atoms with Crippen LogP contribution in [0.5, 0.6) is 23.0 Å². The zero-order valence-electron chi connectivity index (χ0n) is 15.8. The van der Waals surface area contributed by atoms with Gasteiger partial charge in [-0.3, -0.25) is 4.79 Å². The predicted molar refractivity (Wildman–Crippen MR) is 101 cm³/mol. The van der Waals surface area contributed by atoms with Crippen molar-refractivity contribution in [2.24, 2.45) is 0 Å². The van der Waals surface area contributed by atoms with Gasteiger partial charge in [-0.05, 0) is 25.0 Å². The van der Waals surface area contributed by atoms with Gasteiger partial charge in [-0.25, -0.2) is 0 Å². The lowest BCUT2D eigenvalue weighted by Crippen LogP contribution is -2.43. The molecule has 1 saturated heterocycles. The number of ether oxygens (including phenoxy) is 4. The third kappa shape index (κ3) is 2.16. The molecule has 0 amide bonds. The van der Waals surface area contributed by atoms with Crippen molar-refractivity contribution in [3.63, 3.8) is 0 Å². The van der Waals surface area contributed by atoms with Crippen molar-refractivity contribution in [1.82, 2.24) is 0 Å². The number of hydrogen-bond donors (Lipinski definition) is 1. The van der Waals surface area contributed by atoms with Crippen molar-refractivity contribution in [2.45, 2.75) is 38.1 Å². The Morgan fingerprint density at radius 1 is 1.21 bits per heavy atom. The highest BCUT2D eigenvalue weighted by Gasteiger charge is 2.45. The van der Waals surface area contributed by atoms with Crippen molar-refractivity contribution in [3.8, 4) is 23.0 Å². The predicted octanol–water partition coefficient (Wildman–Crippen LogP) is 4.02. The molecule has 2 bridgehead atoms. The minimum atomic E-state index is -0.802. The standard InChI is InChI=1S/C21H20O7/c1-21-9-5-8-12(27-21)14-17(23)15-16(22)13-10(24-2)6-4-7-11(13)26-18(15)20(25-3)19(14)28-21/h4,6-7,12,23H,5,8-9H2,1-3H3/t12-,21-/m0/s1. The van der Waals surface area contributed by atoms with Gasteiger partial charge >= 0.3 is 0 Å².